The van der Waals surface area contributed by atoms with Crippen LogP contribution in [0.25, 0.3) is 0 Å². The second-order valence-electron chi connectivity index (χ2n) is 0. The molecule has 0 fully saturated rings. The number of rotatable bonds is 0. The molecule has 0 unspecified atom stereocenters. The first-order valence-electron chi connectivity index (χ1n) is 0. The zero-order chi connectivity index (χ0) is 0. The van der Waals surface area contributed by atoms with Crippen molar-refractivity contribution in [1.29, 1.82) is 0 Å². The van der Waals surface area contributed by atoms with E-state index in [4.69, 9.17) is 0 Å². The van der Waals surface area contributed by atoms with E-state index >= 15 is 0 Å². The van der Waals surface area contributed by atoms with Crippen molar-refractivity contribution >= 4 is 0 Å². The largest absolute Gasteiger partial charge is 3.00 e. The van der Waals surface area contributed by atoms with E-state index in [9.17, 15) is 0 Å². The molecule has 0 aromatic rings. The van der Waals surface area contributed by atoms with Crippen LogP contribution in [0.4, 0.5) is 0 Å². The van der Waals surface area contributed by atoms with Crippen LogP contribution in [0.15, 0.2) is 0 Å². The summed E-state index contributed by atoms with van der Waals surface area (Å²) in [6, 6.07) is 0. The van der Waals surface area contributed by atoms with Gasteiger partial charge in [-0.3, -0.25) is 0 Å². The van der Waals surface area contributed by atoms with Gasteiger partial charge in [-0.15, -0.1) is 0 Å². The predicted molar refractivity (Wildman–Crippen MR) is 2.75 cm³/mol. The SMILES string of the molecule is [Co+2].[La+3].[O-2].[O-2].[O-2].[O-2].[Sc+3]. The molecule has 0 aromatic heterocycles. The van der Waals surface area contributed by atoms with Crippen LogP contribution < -0.4 is 0 Å². The molecule has 0 N–H and O–H groups in total. The fourth-order valence-electron chi connectivity index (χ4n) is 0. The summed E-state index contributed by atoms with van der Waals surface area (Å²) >= 11 is 0. The monoisotopic (exact) mass is 307 g/mol. The quantitative estimate of drug-likeness (QED) is 0.575. The second-order valence-corrected chi connectivity index (χ2v) is 0. The van der Waals surface area contributed by atoms with Gasteiger partial charge in [-0.05, 0) is 0 Å². The number of hydrogen-bond acceptors (Lipinski definition) is 0. The van der Waals surface area contributed by atoms with Gasteiger partial charge in [0.15, 0.2) is 0 Å². The molecule has 0 aliphatic carbocycles. The third-order valence-electron chi connectivity index (χ3n) is 0. The van der Waals surface area contributed by atoms with Crippen molar-refractivity contribution in [3.05, 3.63) is 0 Å². The van der Waals surface area contributed by atoms with Gasteiger partial charge in [0, 0.05) is 0 Å². The molecular formula is CoLaO4Sc. The summed E-state index contributed by atoms with van der Waals surface area (Å²) in [6.45, 7) is 0. The fraction of sp³-hybridized carbons (Fsp3) is 0. The maximum absolute atomic E-state index is 0. The van der Waals surface area contributed by atoms with E-state index in [-0.39, 0.29) is 100 Å². The summed E-state index contributed by atoms with van der Waals surface area (Å²) in [7, 11) is 0. The second kappa shape index (κ2) is 79.5. The average molecular weight is 307 g/mol. The molecule has 0 amide bonds. The summed E-state index contributed by atoms with van der Waals surface area (Å²) in [4.78, 5) is 0. The molecular weight excluding hydrogens is 307 g/mol. The van der Waals surface area contributed by atoms with Gasteiger partial charge in [0.1, 0.15) is 0 Å². The number of hydrogen-bond donors (Lipinski definition) is 0. The van der Waals surface area contributed by atoms with Crippen molar-refractivity contribution in [3.8, 4) is 0 Å². The Balaban J connectivity index is 0. The van der Waals surface area contributed by atoms with Gasteiger partial charge in [-0.25, -0.2) is 0 Å². The van der Waals surface area contributed by atoms with Crippen LogP contribution in [0, 0.1) is 35.6 Å². The van der Waals surface area contributed by atoms with Gasteiger partial charge in [0.25, 0.3) is 0 Å². The Bertz CT molecular complexity index is 11.7. The van der Waals surface area contributed by atoms with E-state index in [1.54, 1.807) is 0 Å². The van der Waals surface area contributed by atoms with E-state index in [2.05, 4.69) is 0 Å². The Morgan fingerprint density at radius 1 is 0.571 bits per heavy atom. The molecule has 0 bridgehead atoms. The van der Waals surface area contributed by atoms with E-state index in [0.717, 1.165) is 0 Å². The minimum Gasteiger partial charge on any atom is -2.00 e. The summed E-state index contributed by atoms with van der Waals surface area (Å²) in [5.74, 6) is 0. The van der Waals surface area contributed by atoms with E-state index in [1.807, 2.05) is 0 Å². The summed E-state index contributed by atoms with van der Waals surface area (Å²) in [5.41, 5.74) is 0. The Kier molecular flexibility index (Phi) is 1300. The summed E-state index contributed by atoms with van der Waals surface area (Å²) in [6.07, 6.45) is 0. The van der Waals surface area contributed by atoms with Crippen LogP contribution in [0.5, 0.6) is 0 Å². The van der Waals surface area contributed by atoms with Crippen LogP contribution in [0.3, 0.4) is 0 Å². The molecule has 4 nitrogen and oxygen atoms in total. The predicted octanol–water partition coefficient (Wildman–Crippen LogP) is -0.480. The van der Waals surface area contributed by atoms with Crippen molar-refractivity contribution in [3.63, 3.8) is 0 Å². The minimum absolute atomic E-state index is 0. The van der Waals surface area contributed by atoms with E-state index in [1.165, 1.54) is 0 Å². The van der Waals surface area contributed by atoms with Crippen molar-refractivity contribution < 1.29 is 100 Å². The molecule has 0 saturated carbocycles. The standard InChI is InChI=1S/Co.La.4O.Sc/q+2;+3;4*-2;+3. The van der Waals surface area contributed by atoms with Crippen LogP contribution >= 0.6 is 0 Å². The zero-order valence-electron chi connectivity index (χ0n) is 3.12. The Hall–Kier alpha value is 2.41. The Morgan fingerprint density at radius 3 is 0.571 bits per heavy atom. The molecule has 1 radical (unpaired) electrons. The molecule has 0 aromatic carbocycles. The zero-order valence-corrected chi connectivity index (χ0v) is 9.59. The third-order valence-corrected chi connectivity index (χ3v) is 0. The van der Waals surface area contributed by atoms with Crippen molar-refractivity contribution in [1.82, 2.24) is 0 Å². The van der Waals surface area contributed by atoms with Crippen LogP contribution in [0.2, 0.25) is 0 Å². The first-order chi connectivity index (χ1) is 0. The molecule has 0 saturated heterocycles. The van der Waals surface area contributed by atoms with Gasteiger partial charge in [0.2, 0.25) is 0 Å². The first kappa shape index (κ1) is 115. The molecule has 0 aliphatic heterocycles. The minimum atomic E-state index is 0. The average Bonchev–Trinajstić information content (AvgIpc) is 0. The molecule has 7 heteroatoms. The van der Waals surface area contributed by atoms with Gasteiger partial charge in [-0.1, -0.05) is 0 Å². The molecule has 0 aliphatic rings. The van der Waals surface area contributed by atoms with Crippen molar-refractivity contribution in [2.75, 3.05) is 0 Å². The van der Waals surface area contributed by atoms with Crippen molar-refractivity contribution in [2.45, 2.75) is 0 Å². The van der Waals surface area contributed by atoms with E-state index < -0.39 is 0 Å². The fourth-order valence-corrected chi connectivity index (χ4v) is 0. The van der Waals surface area contributed by atoms with Gasteiger partial charge >= 0.3 is 78.2 Å². The molecule has 0 atom stereocenters. The molecule has 0 spiro atoms. The van der Waals surface area contributed by atoms with Crippen LogP contribution in [-0.4, -0.2) is 0 Å². The van der Waals surface area contributed by atoms with Crippen LogP contribution in [0.1, 0.15) is 0 Å². The first-order valence-corrected chi connectivity index (χ1v) is 0. The molecule has 39 valence electrons. The van der Waals surface area contributed by atoms with Gasteiger partial charge in [-0.2, -0.15) is 0 Å². The van der Waals surface area contributed by atoms with Crippen molar-refractivity contribution in [2.24, 2.45) is 0 Å². The summed E-state index contributed by atoms with van der Waals surface area (Å²) < 4.78 is 0. The normalized spacial score (nSPS) is 0. The molecule has 7 heavy (non-hydrogen) atoms. The molecule has 0 rings (SSSR count). The third kappa shape index (κ3) is 59.5. The Morgan fingerprint density at radius 2 is 0.571 bits per heavy atom. The van der Waals surface area contributed by atoms with Gasteiger partial charge in [0.05, 0.1) is 0 Å². The van der Waals surface area contributed by atoms with Crippen LogP contribution in [-0.2, 0) is 64.5 Å². The van der Waals surface area contributed by atoms with E-state index in [0.29, 0.717) is 0 Å². The molecule has 0 heterocycles. The maximum atomic E-state index is 0. The Labute approximate surface area is 98.6 Å². The maximum Gasteiger partial charge on any atom is 3.00 e. The summed E-state index contributed by atoms with van der Waals surface area (Å²) in [5, 5.41) is 0. The van der Waals surface area contributed by atoms with Gasteiger partial charge < -0.3 is 21.9 Å². The smallest absolute Gasteiger partial charge is 2.00 e. The topological polar surface area (TPSA) is 114 Å².